The minimum atomic E-state index is -0.908. The van der Waals surface area contributed by atoms with Gasteiger partial charge >= 0.3 is 5.97 Å². The molecule has 0 amide bonds. The number of carboxylic acids is 1. The second-order valence-corrected chi connectivity index (χ2v) is 6.56. The average molecular weight is 289 g/mol. The van der Waals surface area contributed by atoms with Gasteiger partial charge in [0.2, 0.25) is 0 Å². The van der Waals surface area contributed by atoms with Crippen LogP contribution in [-0.2, 0) is 12.0 Å². The van der Waals surface area contributed by atoms with Crippen molar-refractivity contribution in [1.29, 1.82) is 0 Å². The van der Waals surface area contributed by atoms with E-state index in [4.69, 9.17) is 5.11 Å². The summed E-state index contributed by atoms with van der Waals surface area (Å²) in [7, 11) is 0. The van der Waals surface area contributed by atoms with Crippen molar-refractivity contribution in [3.05, 3.63) is 35.0 Å². The Balaban J connectivity index is 2.75. The first-order valence-electron chi connectivity index (χ1n) is 7.24. The second kappa shape index (κ2) is 5.53. The van der Waals surface area contributed by atoms with Gasteiger partial charge in [0.1, 0.15) is 0 Å². The average Bonchev–Trinajstić information content (AvgIpc) is 2.71. The van der Waals surface area contributed by atoms with Crippen LogP contribution in [0.25, 0.3) is 10.9 Å². The van der Waals surface area contributed by atoms with Crippen molar-refractivity contribution in [2.45, 2.75) is 46.1 Å². The zero-order chi connectivity index (χ0) is 15.8. The molecule has 0 bridgehead atoms. The molecule has 0 atom stereocenters. The molecular formula is C17H23NO3. The number of hydrogen-bond acceptors (Lipinski definition) is 2. The van der Waals surface area contributed by atoms with Crippen molar-refractivity contribution in [2.24, 2.45) is 0 Å². The van der Waals surface area contributed by atoms with Crippen LogP contribution in [0.15, 0.2) is 18.3 Å². The highest BCUT2D eigenvalue weighted by Gasteiger charge is 2.21. The quantitative estimate of drug-likeness (QED) is 0.907. The molecule has 0 unspecified atom stereocenters. The molecular weight excluding hydrogens is 266 g/mol. The van der Waals surface area contributed by atoms with E-state index >= 15 is 0 Å². The van der Waals surface area contributed by atoms with Gasteiger partial charge in [-0.2, -0.15) is 0 Å². The van der Waals surface area contributed by atoms with Crippen LogP contribution in [0.3, 0.4) is 0 Å². The number of aromatic nitrogens is 1. The fourth-order valence-corrected chi connectivity index (χ4v) is 2.63. The molecule has 0 aliphatic rings. The fraction of sp³-hybridized carbons (Fsp3) is 0.471. The number of benzene rings is 1. The number of aromatic carboxylic acids is 1. The minimum Gasteiger partial charge on any atom is -0.478 e. The Hall–Kier alpha value is -1.81. The first-order valence-corrected chi connectivity index (χ1v) is 7.24. The largest absolute Gasteiger partial charge is 0.478 e. The Labute approximate surface area is 125 Å². The molecule has 0 saturated carbocycles. The van der Waals surface area contributed by atoms with Gasteiger partial charge in [0.05, 0.1) is 11.1 Å². The molecule has 0 aliphatic carbocycles. The number of hydrogen-bond donors (Lipinski definition) is 2. The molecule has 1 aromatic carbocycles. The molecule has 0 radical (unpaired) electrons. The van der Waals surface area contributed by atoms with Crippen molar-refractivity contribution in [1.82, 2.24) is 4.57 Å². The van der Waals surface area contributed by atoms with Gasteiger partial charge in [-0.05, 0) is 42.0 Å². The summed E-state index contributed by atoms with van der Waals surface area (Å²) < 4.78 is 1.94. The van der Waals surface area contributed by atoms with Gasteiger partial charge in [-0.3, -0.25) is 0 Å². The normalized spacial score (nSPS) is 12.0. The molecule has 114 valence electrons. The lowest BCUT2D eigenvalue weighted by Gasteiger charge is -2.20. The van der Waals surface area contributed by atoms with E-state index in [0.717, 1.165) is 22.0 Å². The first-order chi connectivity index (χ1) is 9.75. The molecule has 4 nitrogen and oxygen atoms in total. The predicted octanol–water partition coefficient (Wildman–Crippen LogP) is 3.33. The monoisotopic (exact) mass is 289 g/mol. The molecule has 1 aromatic heterocycles. The number of rotatable bonds is 4. The number of carboxylic acid groups (broad SMARTS) is 1. The standard InChI is InChI=1S/C17H23NO3/c1-11-10-18(6-5-7-19)15-13(11)8-12(17(2,3)4)9-14(15)16(20)21/h8-10,19H,5-7H2,1-4H3,(H,20,21). The van der Waals surface area contributed by atoms with Crippen molar-refractivity contribution in [3.63, 3.8) is 0 Å². The Morgan fingerprint density at radius 2 is 1.95 bits per heavy atom. The summed E-state index contributed by atoms with van der Waals surface area (Å²) >= 11 is 0. The van der Waals surface area contributed by atoms with E-state index < -0.39 is 5.97 Å². The van der Waals surface area contributed by atoms with E-state index in [1.165, 1.54) is 0 Å². The molecule has 1 heterocycles. The van der Waals surface area contributed by atoms with Gasteiger partial charge < -0.3 is 14.8 Å². The lowest BCUT2D eigenvalue weighted by Crippen LogP contribution is -2.13. The third kappa shape index (κ3) is 2.95. The minimum absolute atomic E-state index is 0.0984. The highest BCUT2D eigenvalue weighted by Crippen LogP contribution is 2.32. The molecule has 2 rings (SSSR count). The second-order valence-electron chi connectivity index (χ2n) is 6.56. The maximum absolute atomic E-state index is 11.7. The Bertz CT molecular complexity index is 677. The maximum atomic E-state index is 11.7. The summed E-state index contributed by atoms with van der Waals surface area (Å²) in [5, 5.41) is 19.6. The van der Waals surface area contributed by atoms with Crippen LogP contribution in [0.4, 0.5) is 0 Å². The van der Waals surface area contributed by atoms with Crippen LogP contribution in [0.5, 0.6) is 0 Å². The molecule has 0 saturated heterocycles. The van der Waals surface area contributed by atoms with Crippen molar-refractivity contribution in [3.8, 4) is 0 Å². The molecule has 0 spiro atoms. The van der Waals surface area contributed by atoms with Crippen LogP contribution in [0.2, 0.25) is 0 Å². The SMILES string of the molecule is Cc1cn(CCCO)c2c(C(=O)O)cc(C(C)(C)C)cc12. The van der Waals surface area contributed by atoms with E-state index in [1.54, 1.807) is 6.07 Å². The summed E-state index contributed by atoms with van der Waals surface area (Å²) in [6.45, 7) is 8.96. The van der Waals surface area contributed by atoms with Gasteiger partial charge in [0, 0.05) is 24.7 Å². The van der Waals surface area contributed by atoms with Gasteiger partial charge in [-0.1, -0.05) is 20.8 Å². The topological polar surface area (TPSA) is 62.5 Å². The molecule has 21 heavy (non-hydrogen) atoms. The number of aryl methyl sites for hydroxylation is 2. The van der Waals surface area contributed by atoms with Gasteiger partial charge in [-0.15, -0.1) is 0 Å². The lowest BCUT2D eigenvalue weighted by molar-refractivity contribution is 0.0698. The molecule has 0 aliphatic heterocycles. The first kappa shape index (κ1) is 15.6. The zero-order valence-electron chi connectivity index (χ0n) is 13.1. The Morgan fingerprint density at radius 3 is 2.48 bits per heavy atom. The van der Waals surface area contributed by atoms with Gasteiger partial charge in [-0.25, -0.2) is 4.79 Å². The van der Waals surface area contributed by atoms with Crippen molar-refractivity contribution < 1.29 is 15.0 Å². The van der Waals surface area contributed by atoms with Crippen LogP contribution < -0.4 is 0 Å². The number of fused-ring (bicyclic) bond motifs is 1. The fourth-order valence-electron chi connectivity index (χ4n) is 2.63. The molecule has 4 heteroatoms. The predicted molar refractivity (Wildman–Crippen MR) is 84.0 cm³/mol. The number of aliphatic hydroxyl groups is 1. The maximum Gasteiger partial charge on any atom is 0.337 e. The number of aliphatic hydroxyl groups excluding tert-OH is 1. The summed E-state index contributed by atoms with van der Waals surface area (Å²) in [6.07, 6.45) is 2.59. The van der Waals surface area contributed by atoms with E-state index in [1.807, 2.05) is 17.7 Å². The Morgan fingerprint density at radius 1 is 1.29 bits per heavy atom. The highest BCUT2D eigenvalue weighted by atomic mass is 16.4. The summed E-state index contributed by atoms with van der Waals surface area (Å²) in [4.78, 5) is 11.7. The van der Waals surface area contributed by atoms with E-state index in [9.17, 15) is 9.90 Å². The third-order valence-corrected chi connectivity index (χ3v) is 3.83. The number of carbonyl (C=O) groups is 1. The number of nitrogens with zero attached hydrogens (tertiary/aromatic N) is 1. The lowest BCUT2D eigenvalue weighted by atomic mass is 9.85. The van der Waals surface area contributed by atoms with Gasteiger partial charge in [0.25, 0.3) is 0 Å². The van der Waals surface area contributed by atoms with Gasteiger partial charge in [0.15, 0.2) is 0 Å². The van der Waals surface area contributed by atoms with Crippen LogP contribution in [0.1, 0.15) is 48.7 Å². The highest BCUT2D eigenvalue weighted by molar-refractivity contribution is 6.04. The molecule has 2 N–H and O–H groups in total. The van der Waals surface area contributed by atoms with Crippen LogP contribution in [0, 0.1) is 6.92 Å². The summed E-state index contributed by atoms with van der Waals surface area (Å²) in [6, 6.07) is 3.87. The van der Waals surface area contributed by atoms with Crippen LogP contribution in [-0.4, -0.2) is 27.4 Å². The zero-order valence-corrected chi connectivity index (χ0v) is 13.1. The summed E-state index contributed by atoms with van der Waals surface area (Å²) in [5.74, 6) is -0.908. The Kier molecular flexibility index (Phi) is 4.10. The molecule has 2 aromatic rings. The van der Waals surface area contributed by atoms with E-state index in [0.29, 0.717) is 18.5 Å². The van der Waals surface area contributed by atoms with Crippen molar-refractivity contribution >= 4 is 16.9 Å². The van der Waals surface area contributed by atoms with Crippen LogP contribution >= 0.6 is 0 Å². The van der Waals surface area contributed by atoms with E-state index in [2.05, 4.69) is 26.8 Å². The van der Waals surface area contributed by atoms with Crippen molar-refractivity contribution in [2.75, 3.05) is 6.61 Å². The third-order valence-electron chi connectivity index (χ3n) is 3.83. The summed E-state index contributed by atoms with van der Waals surface area (Å²) in [5.41, 5.74) is 3.08. The molecule has 0 fully saturated rings. The smallest absolute Gasteiger partial charge is 0.337 e. The van der Waals surface area contributed by atoms with E-state index in [-0.39, 0.29) is 12.0 Å².